The molecular formula is C24H27NO5. The predicted octanol–water partition coefficient (Wildman–Crippen LogP) is 2.23. The van der Waals surface area contributed by atoms with E-state index >= 15 is 0 Å². The molecular weight excluding hydrogens is 382 g/mol. The number of carbonyl (C=O) groups excluding carboxylic acids is 1. The van der Waals surface area contributed by atoms with E-state index in [1.165, 1.54) is 11.1 Å². The summed E-state index contributed by atoms with van der Waals surface area (Å²) in [6.07, 6.45) is 7.13. The minimum atomic E-state index is -0.879. The molecule has 1 aromatic rings. The minimum absolute atomic E-state index is 0.174. The quantitative estimate of drug-likeness (QED) is 0.552. The molecule has 6 unspecified atom stereocenters. The predicted molar refractivity (Wildman–Crippen MR) is 108 cm³/mol. The van der Waals surface area contributed by atoms with Crippen molar-refractivity contribution in [3.05, 3.63) is 35.4 Å². The molecule has 2 saturated heterocycles. The molecule has 6 heteroatoms. The molecule has 1 aromatic carbocycles. The molecule has 8 rings (SSSR count). The number of carbonyl (C=O) groups is 1. The van der Waals surface area contributed by atoms with Crippen molar-refractivity contribution in [2.24, 2.45) is 10.8 Å². The van der Waals surface area contributed by atoms with Crippen molar-refractivity contribution in [3.63, 3.8) is 0 Å². The van der Waals surface area contributed by atoms with Crippen LogP contribution < -0.4 is 9.47 Å². The van der Waals surface area contributed by atoms with Gasteiger partial charge >= 0.3 is 5.97 Å². The molecule has 6 bridgehead atoms. The van der Waals surface area contributed by atoms with Gasteiger partial charge in [-0.2, -0.15) is 0 Å². The van der Waals surface area contributed by atoms with Gasteiger partial charge in [0.05, 0.1) is 12.5 Å². The number of esters is 1. The summed E-state index contributed by atoms with van der Waals surface area (Å²) in [4.78, 5) is 15.8. The second-order valence-electron chi connectivity index (χ2n) is 10.3. The molecule has 30 heavy (non-hydrogen) atoms. The first-order chi connectivity index (χ1) is 14.4. The zero-order valence-electron chi connectivity index (χ0n) is 17.9. The highest BCUT2D eigenvalue weighted by Gasteiger charge is 2.90. The van der Waals surface area contributed by atoms with Gasteiger partial charge in [0.1, 0.15) is 17.6 Å². The van der Waals surface area contributed by atoms with Gasteiger partial charge in [-0.15, -0.1) is 0 Å². The number of benzene rings is 1. The SMILES string of the molecule is COc1ccc2c3c1OC14COC(=O)C5(C)CC6(C=CC51OC)C(C2)N(C)CCC364. The first-order valence-electron chi connectivity index (χ1n) is 10.9. The lowest BCUT2D eigenvalue weighted by Crippen LogP contribution is -2.90. The second-order valence-corrected chi connectivity index (χ2v) is 10.3. The molecule has 6 atom stereocenters. The first-order valence-corrected chi connectivity index (χ1v) is 10.9. The van der Waals surface area contributed by atoms with Crippen LogP contribution in [0.25, 0.3) is 0 Å². The van der Waals surface area contributed by atoms with E-state index in [0.29, 0.717) is 12.5 Å². The maximum atomic E-state index is 13.3. The van der Waals surface area contributed by atoms with Crippen LogP contribution in [0.15, 0.2) is 24.3 Å². The van der Waals surface area contributed by atoms with Crippen LogP contribution in [0, 0.1) is 10.8 Å². The van der Waals surface area contributed by atoms with E-state index in [0.717, 1.165) is 30.9 Å². The molecule has 0 N–H and O–H groups in total. The summed E-state index contributed by atoms with van der Waals surface area (Å²) in [7, 11) is 5.64. The van der Waals surface area contributed by atoms with Crippen LogP contribution in [0.3, 0.4) is 0 Å². The van der Waals surface area contributed by atoms with Crippen LogP contribution in [0.1, 0.15) is 30.9 Å². The Balaban J connectivity index is 1.67. The van der Waals surface area contributed by atoms with E-state index < -0.39 is 16.6 Å². The van der Waals surface area contributed by atoms with E-state index in [1.807, 2.05) is 13.0 Å². The molecule has 3 aliphatic heterocycles. The van der Waals surface area contributed by atoms with Crippen LogP contribution in [-0.2, 0) is 26.1 Å². The standard InChI is InChI=1S/C24H27NO5/c1-20-12-21-7-8-23(20,28-4)24(13-29-19(20)26)22(21)9-10-25(2)16(21)11-14-5-6-15(27-3)18(30-24)17(14)22/h5-8,16H,9-13H2,1-4H3. The number of hydrogen-bond donors (Lipinski definition) is 0. The van der Waals surface area contributed by atoms with Crippen molar-refractivity contribution in [2.75, 3.05) is 34.4 Å². The van der Waals surface area contributed by atoms with E-state index in [4.69, 9.17) is 18.9 Å². The van der Waals surface area contributed by atoms with Gasteiger partial charge in [0.25, 0.3) is 0 Å². The van der Waals surface area contributed by atoms with Gasteiger partial charge in [-0.3, -0.25) is 4.79 Å². The lowest BCUT2D eigenvalue weighted by atomic mass is 9.30. The number of piperidine rings is 1. The van der Waals surface area contributed by atoms with Crippen molar-refractivity contribution in [2.45, 2.75) is 48.8 Å². The van der Waals surface area contributed by atoms with Crippen molar-refractivity contribution in [1.29, 1.82) is 0 Å². The van der Waals surface area contributed by atoms with E-state index in [9.17, 15) is 4.79 Å². The van der Waals surface area contributed by atoms with E-state index in [1.54, 1.807) is 14.2 Å². The van der Waals surface area contributed by atoms with E-state index in [2.05, 4.69) is 30.2 Å². The highest BCUT2D eigenvalue weighted by Crippen LogP contribution is 2.81. The molecule has 0 amide bonds. The lowest BCUT2D eigenvalue weighted by molar-refractivity contribution is -0.322. The summed E-state index contributed by atoms with van der Waals surface area (Å²) in [5.74, 6) is 1.41. The van der Waals surface area contributed by atoms with Crippen LogP contribution in [-0.4, -0.2) is 62.5 Å². The molecule has 3 heterocycles. The van der Waals surface area contributed by atoms with E-state index in [-0.39, 0.29) is 23.4 Å². The lowest BCUT2D eigenvalue weighted by Gasteiger charge is -2.77. The number of nitrogens with zero attached hydrogens (tertiary/aromatic N) is 1. The average Bonchev–Trinajstić information content (AvgIpc) is 3.05. The molecule has 0 radical (unpaired) electrons. The Hall–Kier alpha value is -2.05. The van der Waals surface area contributed by atoms with Gasteiger partial charge < -0.3 is 23.8 Å². The number of likely N-dealkylation sites (N-methyl/N-ethyl adjacent to an activating group) is 1. The molecule has 4 aliphatic carbocycles. The second kappa shape index (κ2) is 4.73. The largest absolute Gasteiger partial charge is 0.493 e. The van der Waals surface area contributed by atoms with Crippen molar-refractivity contribution in [1.82, 2.24) is 4.90 Å². The summed E-state index contributed by atoms with van der Waals surface area (Å²) < 4.78 is 25.1. The van der Waals surface area contributed by atoms with Gasteiger partial charge in [0.2, 0.25) is 0 Å². The van der Waals surface area contributed by atoms with Crippen molar-refractivity contribution in [3.8, 4) is 11.5 Å². The number of hydrogen-bond acceptors (Lipinski definition) is 6. The zero-order valence-corrected chi connectivity index (χ0v) is 17.9. The van der Waals surface area contributed by atoms with Crippen LogP contribution in [0.5, 0.6) is 11.5 Å². The topological polar surface area (TPSA) is 57.2 Å². The smallest absolute Gasteiger partial charge is 0.315 e. The first kappa shape index (κ1) is 17.6. The Kier molecular flexibility index (Phi) is 2.78. The Morgan fingerprint density at radius 2 is 2.07 bits per heavy atom. The third kappa shape index (κ3) is 1.29. The van der Waals surface area contributed by atoms with Crippen LogP contribution in [0.2, 0.25) is 0 Å². The minimum Gasteiger partial charge on any atom is -0.493 e. The maximum absolute atomic E-state index is 13.3. The van der Waals surface area contributed by atoms with Gasteiger partial charge in [-0.05, 0) is 51.4 Å². The van der Waals surface area contributed by atoms with Crippen molar-refractivity contribution < 1.29 is 23.7 Å². The summed E-state index contributed by atoms with van der Waals surface area (Å²) >= 11 is 0. The van der Waals surface area contributed by atoms with Gasteiger partial charge in [-0.25, -0.2) is 0 Å². The highest BCUT2D eigenvalue weighted by atomic mass is 16.6. The third-order valence-electron chi connectivity index (χ3n) is 9.85. The summed E-state index contributed by atoms with van der Waals surface area (Å²) in [5, 5.41) is 0. The number of cyclic esters (lactones) is 1. The molecule has 0 aromatic heterocycles. The fourth-order valence-corrected chi connectivity index (χ4v) is 8.85. The molecule has 1 saturated carbocycles. The van der Waals surface area contributed by atoms with Gasteiger partial charge in [0, 0.05) is 24.1 Å². The normalized spacial score (nSPS) is 48.8. The number of methoxy groups -OCH3 is 2. The fourth-order valence-electron chi connectivity index (χ4n) is 8.85. The number of likely N-dealkylation sites (tertiary alicyclic amines) is 1. The molecule has 7 aliphatic rings. The molecule has 158 valence electrons. The third-order valence-corrected chi connectivity index (χ3v) is 9.85. The Labute approximate surface area is 176 Å². The number of rotatable bonds is 2. The molecule has 3 fully saturated rings. The maximum Gasteiger partial charge on any atom is 0.315 e. The summed E-state index contributed by atoms with van der Waals surface area (Å²) in [6.45, 7) is 3.20. The van der Waals surface area contributed by atoms with Gasteiger partial charge in [0.15, 0.2) is 17.1 Å². The Morgan fingerprint density at radius 3 is 2.83 bits per heavy atom. The van der Waals surface area contributed by atoms with Crippen molar-refractivity contribution >= 4 is 5.97 Å². The zero-order chi connectivity index (χ0) is 20.7. The summed E-state index contributed by atoms with van der Waals surface area (Å²) in [6, 6.07) is 4.54. The van der Waals surface area contributed by atoms with Crippen LogP contribution in [0.4, 0.5) is 0 Å². The summed E-state index contributed by atoms with van der Waals surface area (Å²) in [5.41, 5.74) is -0.389. The average molecular weight is 409 g/mol. The molecule has 3 spiro atoms. The Bertz CT molecular complexity index is 1070. The fraction of sp³-hybridized carbons (Fsp3) is 0.625. The monoisotopic (exact) mass is 409 g/mol. The number of ether oxygens (including phenoxy) is 4. The van der Waals surface area contributed by atoms with Gasteiger partial charge in [-0.1, -0.05) is 18.2 Å². The Morgan fingerprint density at radius 1 is 1.23 bits per heavy atom. The highest BCUT2D eigenvalue weighted by molar-refractivity contribution is 5.84. The van der Waals surface area contributed by atoms with Crippen LogP contribution >= 0.6 is 0 Å². The molecule has 6 nitrogen and oxygen atoms in total.